The molecule has 0 aromatic carbocycles. The SMILES string of the molecule is Cn1nnc(NC(=O)C(F)(F)CN)n1. The van der Waals surface area contributed by atoms with Crippen molar-refractivity contribution in [2.24, 2.45) is 12.8 Å². The monoisotopic (exact) mass is 206 g/mol. The van der Waals surface area contributed by atoms with Gasteiger partial charge >= 0.3 is 5.92 Å². The summed E-state index contributed by atoms with van der Waals surface area (Å²) in [6.45, 7) is -1.07. The van der Waals surface area contributed by atoms with Crippen LogP contribution in [0.2, 0.25) is 0 Å². The molecule has 1 amide bonds. The van der Waals surface area contributed by atoms with Crippen LogP contribution < -0.4 is 11.1 Å². The van der Waals surface area contributed by atoms with Crippen LogP contribution in [0.3, 0.4) is 0 Å². The molecule has 7 nitrogen and oxygen atoms in total. The molecule has 0 spiro atoms. The zero-order valence-electron chi connectivity index (χ0n) is 7.24. The Morgan fingerprint density at radius 1 is 1.71 bits per heavy atom. The number of nitrogens with zero attached hydrogens (tertiary/aromatic N) is 4. The molecule has 14 heavy (non-hydrogen) atoms. The second-order valence-electron chi connectivity index (χ2n) is 2.47. The van der Waals surface area contributed by atoms with Gasteiger partial charge in [0.1, 0.15) is 0 Å². The van der Waals surface area contributed by atoms with Gasteiger partial charge in [0.2, 0.25) is 0 Å². The summed E-state index contributed by atoms with van der Waals surface area (Å²) in [5.74, 6) is -5.46. The normalized spacial score (nSPS) is 11.4. The Balaban J connectivity index is 2.66. The van der Waals surface area contributed by atoms with E-state index in [4.69, 9.17) is 5.73 Å². The predicted molar refractivity (Wildman–Crippen MR) is 41.4 cm³/mol. The third-order valence-electron chi connectivity index (χ3n) is 1.32. The molecule has 0 atom stereocenters. The van der Waals surface area contributed by atoms with Crippen LogP contribution in [-0.4, -0.2) is 38.6 Å². The van der Waals surface area contributed by atoms with E-state index < -0.39 is 18.4 Å². The van der Waals surface area contributed by atoms with Crippen molar-refractivity contribution in [1.82, 2.24) is 20.2 Å². The van der Waals surface area contributed by atoms with Crippen LogP contribution in [0.5, 0.6) is 0 Å². The van der Waals surface area contributed by atoms with E-state index in [9.17, 15) is 13.6 Å². The van der Waals surface area contributed by atoms with E-state index in [0.29, 0.717) is 0 Å². The highest BCUT2D eigenvalue weighted by Crippen LogP contribution is 2.12. The standard InChI is InChI=1S/C5H8F2N6O/c1-13-11-4(10-12-13)9-3(14)5(6,7)2-8/h2,8H2,1H3,(H,9,11,14). The number of anilines is 1. The molecule has 1 aromatic rings. The second kappa shape index (κ2) is 3.62. The van der Waals surface area contributed by atoms with Gasteiger partial charge in [-0.15, -0.1) is 5.10 Å². The molecule has 0 aliphatic rings. The van der Waals surface area contributed by atoms with Gasteiger partial charge in [0.25, 0.3) is 11.9 Å². The average Bonchev–Trinajstić information content (AvgIpc) is 2.51. The van der Waals surface area contributed by atoms with E-state index in [1.807, 2.05) is 0 Å². The molecule has 0 radical (unpaired) electrons. The molecule has 0 bridgehead atoms. The van der Waals surface area contributed by atoms with E-state index >= 15 is 0 Å². The summed E-state index contributed by atoms with van der Waals surface area (Å²) in [4.78, 5) is 11.8. The van der Waals surface area contributed by atoms with E-state index in [-0.39, 0.29) is 5.95 Å². The van der Waals surface area contributed by atoms with Crippen LogP contribution in [0.15, 0.2) is 0 Å². The van der Waals surface area contributed by atoms with Gasteiger partial charge < -0.3 is 5.73 Å². The Hall–Kier alpha value is -1.64. The van der Waals surface area contributed by atoms with Gasteiger partial charge in [-0.2, -0.15) is 13.6 Å². The van der Waals surface area contributed by atoms with Gasteiger partial charge in [-0.05, 0) is 5.21 Å². The summed E-state index contributed by atoms with van der Waals surface area (Å²) >= 11 is 0. The van der Waals surface area contributed by atoms with Gasteiger partial charge in [0.15, 0.2) is 0 Å². The Morgan fingerprint density at radius 2 is 2.36 bits per heavy atom. The minimum atomic E-state index is -3.63. The molecule has 78 valence electrons. The van der Waals surface area contributed by atoms with E-state index in [1.165, 1.54) is 7.05 Å². The van der Waals surface area contributed by atoms with E-state index in [0.717, 1.165) is 4.80 Å². The molecule has 1 heterocycles. The third kappa shape index (κ3) is 2.19. The fourth-order valence-corrected chi connectivity index (χ4v) is 0.620. The van der Waals surface area contributed by atoms with Gasteiger partial charge in [0.05, 0.1) is 13.6 Å². The van der Waals surface area contributed by atoms with Crippen LogP contribution in [0.4, 0.5) is 14.7 Å². The third-order valence-corrected chi connectivity index (χ3v) is 1.32. The Bertz CT molecular complexity index is 337. The molecular weight excluding hydrogens is 198 g/mol. The average molecular weight is 206 g/mol. The maximum atomic E-state index is 12.6. The molecule has 0 aliphatic carbocycles. The molecule has 1 aromatic heterocycles. The number of carbonyl (C=O) groups excluding carboxylic acids is 1. The van der Waals surface area contributed by atoms with Gasteiger partial charge in [-0.1, -0.05) is 5.10 Å². The summed E-state index contributed by atoms with van der Waals surface area (Å²) in [5, 5.41) is 11.9. The zero-order valence-corrected chi connectivity index (χ0v) is 7.24. The quantitative estimate of drug-likeness (QED) is 0.643. The van der Waals surface area contributed by atoms with Crippen molar-refractivity contribution < 1.29 is 13.6 Å². The summed E-state index contributed by atoms with van der Waals surface area (Å²) in [5.41, 5.74) is 4.69. The number of halogens is 2. The number of nitrogens with one attached hydrogen (secondary N) is 1. The topological polar surface area (TPSA) is 98.7 Å². The Labute approximate surface area is 77.3 Å². The fraction of sp³-hybridized carbons (Fsp3) is 0.600. The van der Waals surface area contributed by atoms with Gasteiger partial charge in [0, 0.05) is 0 Å². The summed E-state index contributed by atoms with van der Waals surface area (Å²) in [7, 11) is 1.43. The number of nitrogens with two attached hydrogens (primary N) is 1. The number of rotatable bonds is 3. The van der Waals surface area contributed by atoms with Crippen molar-refractivity contribution in [3.05, 3.63) is 0 Å². The summed E-state index contributed by atoms with van der Waals surface area (Å²) in [6, 6.07) is 0. The highest BCUT2D eigenvalue weighted by atomic mass is 19.3. The van der Waals surface area contributed by atoms with Crippen molar-refractivity contribution in [1.29, 1.82) is 0 Å². The lowest BCUT2D eigenvalue weighted by Gasteiger charge is -2.10. The molecule has 0 unspecified atom stereocenters. The van der Waals surface area contributed by atoms with Crippen molar-refractivity contribution in [3.8, 4) is 0 Å². The number of aromatic nitrogens is 4. The fourth-order valence-electron chi connectivity index (χ4n) is 0.620. The first-order valence-electron chi connectivity index (χ1n) is 3.59. The Kier molecular flexibility index (Phi) is 2.70. The molecule has 9 heteroatoms. The minimum absolute atomic E-state index is 0.286. The minimum Gasteiger partial charge on any atom is -0.325 e. The largest absolute Gasteiger partial charge is 0.336 e. The lowest BCUT2D eigenvalue weighted by Crippen LogP contribution is -2.41. The summed E-state index contributed by atoms with van der Waals surface area (Å²) < 4.78 is 25.2. The first-order chi connectivity index (χ1) is 6.45. The summed E-state index contributed by atoms with van der Waals surface area (Å²) in [6.07, 6.45) is 0. The number of alkyl halides is 2. The Morgan fingerprint density at radius 3 is 2.79 bits per heavy atom. The van der Waals surface area contributed by atoms with E-state index in [1.54, 1.807) is 5.32 Å². The maximum absolute atomic E-state index is 12.6. The van der Waals surface area contributed by atoms with Crippen LogP contribution in [0.1, 0.15) is 0 Å². The van der Waals surface area contributed by atoms with Gasteiger partial charge in [-0.3, -0.25) is 10.1 Å². The first-order valence-corrected chi connectivity index (χ1v) is 3.59. The van der Waals surface area contributed by atoms with Crippen molar-refractivity contribution >= 4 is 11.9 Å². The highest BCUT2D eigenvalue weighted by molar-refractivity contribution is 5.94. The number of aryl methyl sites for hydroxylation is 1. The van der Waals surface area contributed by atoms with Crippen molar-refractivity contribution in [2.45, 2.75) is 5.92 Å². The van der Waals surface area contributed by atoms with Crippen molar-refractivity contribution in [2.75, 3.05) is 11.9 Å². The number of carbonyl (C=O) groups is 1. The molecule has 0 saturated carbocycles. The number of hydrogen-bond acceptors (Lipinski definition) is 5. The highest BCUT2D eigenvalue weighted by Gasteiger charge is 2.37. The molecule has 0 fully saturated rings. The van der Waals surface area contributed by atoms with Crippen molar-refractivity contribution in [3.63, 3.8) is 0 Å². The lowest BCUT2D eigenvalue weighted by atomic mass is 10.3. The predicted octanol–water partition coefficient (Wildman–Crippen LogP) is -1.26. The molecular formula is C5H8F2N6O. The first kappa shape index (κ1) is 10.4. The molecule has 0 saturated heterocycles. The number of tetrazole rings is 1. The second-order valence-corrected chi connectivity index (χ2v) is 2.47. The smallest absolute Gasteiger partial charge is 0.325 e. The lowest BCUT2D eigenvalue weighted by molar-refractivity contribution is -0.138. The number of hydrogen-bond donors (Lipinski definition) is 2. The van der Waals surface area contributed by atoms with E-state index in [2.05, 4.69) is 15.4 Å². The van der Waals surface area contributed by atoms with Crippen LogP contribution in [0, 0.1) is 0 Å². The maximum Gasteiger partial charge on any atom is 0.336 e. The molecule has 0 aliphatic heterocycles. The van der Waals surface area contributed by atoms with Gasteiger partial charge in [-0.25, -0.2) is 0 Å². The van der Waals surface area contributed by atoms with Crippen LogP contribution >= 0.6 is 0 Å². The zero-order chi connectivity index (χ0) is 10.8. The molecule has 1 rings (SSSR count). The molecule has 3 N–H and O–H groups in total. The van der Waals surface area contributed by atoms with Crippen LogP contribution in [-0.2, 0) is 11.8 Å². The van der Waals surface area contributed by atoms with Crippen LogP contribution in [0.25, 0.3) is 0 Å². The number of amides is 1.